The standard InChI is InChI=1S/C24H37N3O8/c1-7-15(2)19(26-23(33)35-24(3,4)5)22(32)27(11-12-28)20(16-9-8-10-17(29)13-16)21(31)25-14-18(30)34-6/h8-10,13,15,19-20,28-29H,7,11-12,14H2,1-6H3,(H,25,31)(H,26,33). The SMILES string of the molecule is CCC(C)C(NC(=O)OC(C)(C)C)C(=O)N(CCO)C(C(=O)NCC(=O)OC)c1cccc(O)c1. The molecule has 196 valence electrons. The molecule has 11 heteroatoms. The zero-order chi connectivity index (χ0) is 26.8. The van der Waals surface area contributed by atoms with Gasteiger partial charge in [0.1, 0.15) is 30.0 Å². The van der Waals surface area contributed by atoms with E-state index >= 15 is 0 Å². The number of carbonyl (C=O) groups is 4. The van der Waals surface area contributed by atoms with Crippen molar-refractivity contribution in [2.75, 3.05) is 26.8 Å². The molecule has 1 rings (SSSR count). The highest BCUT2D eigenvalue weighted by molar-refractivity contribution is 5.93. The molecule has 11 nitrogen and oxygen atoms in total. The van der Waals surface area contributed by atoms with E-state index in [1.807, 2.05) is 6.92 Å². The Hall–Kier alpha value is -3.34. The fourth-order valence-electron chi connectivity index (χ4n) is 3.27. The van der Waals surface area contributed by atoms with Gasteiger partial charge in [-0.1, -0.05) is 32.4 Å². The van der Waals surface area contributed by atoms with Gasteiger partial charge in [0.05, 0.1) is 13.7 Å². The maximum absolute atomic E-state index is 13.7. The lowest BCUT2D eigenvalue weighted by Crippen LogP contribution is -2.56. The van der Waals surface area contributed by atoms with Gasteiger partial charge in [-0.3, -0.25) is 14.4 Å². The fourth-order valence-corrected chi connectivity index (χ4v) is 3.27. The van der Waals surface area contributed by atoms with Gasteiger partial charge in [-0.25, -0.2) is 4.79 Å². The van der Waals surface area contributed by atoms with Gasteiger partial charge in [0.15, 0.2) is 0 Å². The fraction of sp³-hybridized carbons (Fsp3) is 0.583. The number of amides is 3. The van der Waals surface area contributed by atoms with E-state index < -0.39 is 54.7 Å². The van der Waals surface area contributed by atoms with Crippen molar-refractivity contribution in [3.63, 3.8) is 0 Å². The molecule has 0 saturated carbocycles. The number of methoxy groups -OCH3 is 1. The maximum atomic E-state index is 13.7. The molecule has 35 heavy (non-hydrogen) atoms. The van der Waals surface area contributed by atoms with Crippen LogP contribution in [0.15, 0.2) is 24.3 Å². The van der Waals surface area contributed by atoms with E-state index in [1.165, 1.54) is 31.4 Å². The summed E-state index contributed by atoms with van der Waals surface area (Å²) in [6, 6.07) is 3.33. The third-order valence-corrected chi connectivity index (χ3v) is 5.16. The minimum atomic E-state index is -1.32. The van der Waals surface area contributed by atoms with Crippen LogP contribution in [0.3, 0.4) is 0 Å². The second-order valence-corrected chi connectivity index (χ2v) is 9.06. The number of phenols is 1. The van der Waals surface area contributed by atoms with Crippen molar-refractivity contribution in [1.82, 2.24) is 15.5 Å². The molecule has 1 aromatic carbocycles. The number of hydrogen-bond donors (Lipinski definition) is 4. The predicted octanol–water partition coefficient (Wildman–Crippen LogP) is 1.48. The molecule has 1 aromatic rings. The molecule has 0 aliphatic heterocycles. The number of nitrogens with zero attached hydrogens (tertiary/aromatic N) is 1. The van der Waals surface area contributed by atoms with Gasteiger partial charge in [0.2, 0.25) is 11.8 Å². The Morgan fingerprint density at radius 1 is 1.17 bits per heavy atom. The van der Waals surface area contributed by atoms with Gasteiger partial charge in [0.25, 0.3) is 0 Å². The van der Waals surface area contributed by atoms with E-state index in [-0.39, 0.29) is 23.8 Å². The summed E-state index contributed by atoms with van der Waals surface area (Å²) in [5.74, 6) is -2.56. The zero-order valence-electron chi connectivity index (χ0n) is 21.2. The van der Waals surface area contributed by atoms with Gasteiger partial charge in [-0.05, 0) is 44.4 Å². The van der Waals surface area contributed by atoms with Crippen molar-refractivity contribution in [3.05, 3.63) is 29.8 Å². The van der Waals surface area contributed by atoms with Crippen molar-refractivity contribution in [3.8, 4) is 5.75 Å². The van der Waals surface area contributed by atoms with E-state index in [0.717, 1.165) is 4.90 Å². The lowest BCUT2D eigenvalue weighted by molar-refractivity contribution is -0.145. The second kappa shape index (κ2) is 13.5. The molecule has 4 N–H and O–H groups in total. The number of alkyl carbamates (subject to hydrolysis) is 1. The summed E-state index contributed by atoms with van der Waals surface area (Å²) >= 11 is 0. The summed E-state index contributed by atoms with van der Waals surface area (Å²) in [5.41, 5.74) is -0.551. The van der Waals surface area contributed by atoms with Crippen LogP contribution in [0.25, 0.3) is 0 Å². The van der Waals surface area contributed by atoms with Crippen molar-refractivity contribution in [2.24, 2.45) is 5.92 Å². The summed E-state index contributed by atoms with van der Waals surface area (Å²) in [5, 5.41) is 24.7. The van der Waals surface area contributed by atoms with Crippen molar-refractivity contribution < 1.29 is 38.9 Å². The molecular weight excluding hydrogens is 458 g/mol. The molecular formula is C24H37N3O8. The minimum Gasteiger partial charge on any atom is -0.508 e. The summed E-state index contributed by atoms with van der Waals surface area (Å²) < 4.78 is 9.86. The van der Waals surface area contributed by atoms with Crippen molar-refractivity contribution >= 4 is 23.9 Å². The van der Waals surface area contributed by atoms with Gasteiger partial charge in [-0.2, -0.15) is 0 Å². The molecule has 0 fully saturated rings. The highest BCUT2D eigenvalue weighted by atomic mass is 16.6. The summed E-state index contributed by atoms with van der Waals surface area (Å²) in [4.78, 5) is 52.1. The topological polar surface area (TPSA) is 154 Å². The molecule has 0 radical (unpaired) electrons. The number of nitrogens with one attached hydrogen (secondary N) is 2. The van der Waals surface area contributed by atoms with Crippen LogP contribution in [0, 0.1) is 5.92 Å². The molecule has 0 bridgehead atoms. The van der Waals surface area contributed by atoms with Gasteiger partial charge in [0, 0.05) is 6.54 Å². The summed E-state index contributed by atoms with van der Waals surface area (Å²) in [6.07, 6.45) is -0.283. The molecule has 0 aliphatic carbocycles. The molecule has 3 atom stereocenters. The second-order valence-electron chi connectivity index (χ2n) is 9.06. The van der Waals surface area contributed by atoms with E-state index in [2.05, 4.69) is 15.4 Å². The quantitative estimate of drug-likeness (QED) is 0.337. The third-order valence-electron chi connectivity index (χ3n) is 5.16. The smallest absolute Gasteiger partial charge is 0.408 e. The molecule has 0 saturated heterocycles. The highest BCUT2D eigenvalue weighted by Crippen LogP contribution is 2.26. The molecule has 3 amide bonds. The van der Waals surface area contributed by atoms with Crippen molar-refractivity contribution in [1.29, 1.82) is 0 Å². The maximum Gasteiger partial charge on any atom is 0.408 e. The first-order chi connectivity index (χ1) is 16.3. The number of aliphatic hydroxyl groups excluding tert-OH is 1. The first kappa shape index (κ1) is 29.7. The number of ether oxygens (including phenoxy) is 2. The van der Waals surface area contributed by atoms with Crippen molar-refractivity contribution in [2.45, 2.75) is 58.7 Å². The highest BCUT2D eigenvalue weighted by Gasteiger charge is 2.38. The minimum absolute atomic E-state index is 0.143. The average Bonchev–Trinajstić information content (AvgIpc) is 2.78. The molecule has 0 aromatic heterocycles. The largest absolute Gasteiger partial charge is 0.508 e. The van der Waals surface area contributed by atoms with Gasteiger partial charge < -0.3 is 35.2 Å². The van der Waals surface area contributed by atoms with Crippen LogP contribution >= 0.6 is 0 Å². The Morgan fingerprint density at radius 2 is 1.83 bits per heavy atom. The monoisotopic (exact) mass is 495 g/mol. The van der Waals surface area contributed by atoms with E-state index in [1.54, 1.807) is 27.7 Å². The number of esters is 1. The van der Waals surface area contributed by atoms with Crippen LogP contribution in [0.4, 0.5) is 4.79 Å². The van der Waals surface area contributed by atoms with Crippen LogP contribution in [-0.2, 0) is 23.9 Å². The van der Waals surface area contributed by atoms with Crippen LogP contribution in [0.5, 0.6) is 5.75 Å². The molecule has 0 heterocycles. The number of hydrogen-bond acceptors (Lipinski definition) is 8. The third kappa shape index (κ3) is 9.44. The normalized spacial score (nSPS) is 13.7. The zero-order valence-corrected chi connectivity index (χ0v) is 21.2. The first-order valence-corrected chi connectivity index (χ1v) is 11.4. The number of benzene rings is 1. The number of aliphatic hydroxyl groups is 1. The number of aromatic hydroxyl groups is 1. The molecule has 0 aliphatic rings. The van der Waals surface area contributed by atoms with E-state index in [9.17, 15) is 29.4 Å². The van der Waals surface area contributed by atoms with E-state index in [0.29, 0.717) is 6.42 Å². The van der Waals surface area contributed by atoms with Crippen LogP contribution < -0.4 is 10.6 Å². The summed E-state index contributed by atoms with van der Waals surface area (Å²) in [6.45, 7) is 7.48. The van der Waals surface area contributed by atoms with E-state index in [4.69, 9.17) is 4.74 Å². The number of phenolic OH excluding ortho intramolecular Hbond substituents is 1. The van der Waals surface area contributed by atoms with Gasteiger partial charge in [-0.15, -0.1) is 0 Å². The lowest BCUT2D eigenvalue weighted by atomic mass is 9.95. The van der Waals surface area contributed by atoms with Crippen LogP contribution in [0.2, 0.25) is 0 Å². The Balaban J connectivity index is 3.43. The Morgan fingerprint density at radius 3 is 2.34 bits per heavy atom. The Bertz CT molecular complexity index is 884. The molecule has 0 spiro atoms. The predicted molar refractivity (Wildman–Crippen MR) is 127 cm³/mol. The number of carbonyl (C=O) groups excluding carboxylic acids is 4. The average molecular weight is 496 g/mol. The number of rotatable bonds is 11. The van der Waals surface area contributed by atoms with Gasteiger partial charge >= 0.3 is 12.1 Å². The first-order valence-electron chi connectivity index (χ1n) is 11.4. The Labute approximate surface area is 205 Å². The molecule has 3 unspecified atom stereocenters. The van der Waals surface area contributed by atoms with Crippen LogP contribution in [0.1, 0.15) is 52.6 Å². The summed E-state index contributed by atoms with van der Waals surface area (Å²) in [7, 11) is 1.17. The lowest BCUT2D eigenvalue weighted by Gasteiger charge is -2.35. The Kier molecular flexibility index (Phi) is 11.5. The van der Waals surface area contributed by atoms with Crippen LogP contribution in [-0.4, -0.2) is 77.4 Å².